The second kappa shape index (κ2) is 5.30. The number of hydrogen-bond donors (Lipinski definition) is 0. The van der Waals surface area contributed by atoms with Crippen LogP contribution in [0.25, 0.3) is 0 Å². The van der Waals surface area contributed by atoms with Gasteiger partial charge in [-0.25, -0.2) is 0 Å². The van der Waals surface area contributed by atoms with Crippen molar-refractivity contribution in [2.24, 2.45) is 0 Å². The summed E-state index contributed by atoms with van der Waals surface area (Å²) in [6.45, 7) is 12.1. The summed E-state index contributed by atoms with van der Waals surface area (Å²) in [5.74, 6) is -1.25. The first kappa shape index (κ1) is 15.4. The summed E-state index contributed by atoms with van der Waals surface area (Å²) in [6, 6.07) is 0. The van der Waals surface area contributed by atoms with Crippen LogP contribution in [-0.2, 0) is 28.4 Å². The van der Waals surface area contributed by atoms with Gasteiger partial charge >= 0.3 is 0 Å². The Morgan fingerprint density at radius 3 is 2.38 bits per heavy atom. The average molecular weight is 300 g/mol. The molecule has 0 saturated carbocycles. The third-order valence-electron chi connectivity index (χ3n) is 3.82. The van der Waals surface area contributed by atoms with Gasteiger partial charge in [0.1, 0.15) is 24.4 Å². The number of ether oxygens (including phenoxy) is 6. The molecule has 5 atom stereocenters. The van der Waals surface area contributed by atoms with Gasteiger partial charge in [-0.1, -0.05) is 6.08 Å². The Morgan fingerprint density at radius 2 is 1.76 bits per heavy atom. The van der Waals surface area contributed by atoms with E-state index < -0.39 is 17.9 Å². The summed E-state index contributed by atoms with van der Waals surface area (Å²) < 4.78 is 35.1. The van der Waals surface area contributed by atoms with Crippen molar-refractivity contribution in [1.29, 1.82) is 0 Å². The molecule has 3 fully saturated rings. The SMILES string of the molecule is C=CCO[C@@H]1O[C@H]([C@H]2COC(C)(C)O2)[C@@H]2OC(C)(C)O[C@H]12. The maximum atomic E-state index is 5.99. The number of hydrogen-bond acceptors (Lipinski definition) is 6. The molecule has 3 saturated heterocycles. The van der Waals surface area contributed by atoms with Crippen molar-refractivity contribution in [3.05, 3.63) is 12.7 Å². The fourth-order valence-electron chi connectivity index (χ4n) is 3.07. The first-order valence-corrected chi connectivity index (χ1v) is 7.37. The molecule has 21 heavy (non-hydrogen) atoms. The van der Waals surface area contributed by atoms with Crippen molar-refractivity contribution >= 4 is 0 Å². The lowest BCUT2D eigenvalue weighted by Crippen LogP contribution is -2.40. The van der Waals surface area contributed by atoms with Crippen molar-refractivity contribution in [2.45, 2.75) is 70.0 Å². The molecule has 0 aromatic carbocycles. The van der Waals surface area contributed by atoms with E-state index in [0.717, 1.165) is 0 Å². The standard InChI is InChI=1S/C15H24O6/c1-6-7-16-13-12-11(20-15(4,5)21-12)10(18-13)9-8-17-14(2,3)19-9/h6,9-13H,1,7-8H2,2-5H3/t9-,10-,11+,12+,13-/m1/s1. The molecule has 3 rings (SSSR count). The van der Waals surface area contributed by atoms with Gasteiger partial charge in [0.25, 0.3) is 0 Å². The van der Waals surface area contributed by atoms with Crippen LogP contribution in [0.15, 0.2) is 12.7 Å². The first-order chi connectivity index (χ1) is 9.81. The zero-order chi connectivity index (χ0) is 15.3. The van der Waals surface area contributed by atoms with E-state index in [1.165, 1.54) is 0 Å². The normalized spacial score (nSPS) is 43.9. The Labute approximate surface area is 125 Å². The van der Waals surface area contributed by atoms with Crippen LogP contribution in [0.4, 0.5) is 0 Å². The van der Waals surface area contributed by atoms with Crippen LogP contribution in [0.3, 0.4) is 0 Å². The topological polar surface area (TPSA) is 55.4 Å². The van der Waals surface area contributed by atoms with Crippen molar-refractivity contribution in [2.75, 3.05) is 13.2 Å². The first-order valence-electron chi connectivity index (χ1n) is 7.37. The third kappa shape index (κ3) is 3.02. The van der Waals surface area contributed by atoms with Crippen LogP contribution in [0.2, 0.25) is 0 Å². The van der Waals surface area contributed by atoms with Crippen molar-refractivity contribution in [3.8, 4) is 0 Å². The van der Waals surface area contributed by atoms with Gasteiger partial charge in [0.15, 0.2) is 17.9 Å². The van der Waals surface area contributed by atoms with Crippen LogP contribution < -0.4 is 0 Å². The van der Waals surface area contributed by atoms with Crippen LogP contribution in [0.5, 0.6) is 0 Å². The van der Waals surface area contributed by atoms with E-state index in [4.69, 9.17) is 28.4 Å². The van der Waals surface area contributed by atoms with E-state index in [9.17, 15) is 0 Å². The Kier molecular flexibility index (Phi) is 3.88. The Balaban J connectivity index is 1.74. The van der Waals surface area contributed by atoms with E-state index in [0.29, 0.717) is 13.2 Å². The lowest BCUT2D eigenvalue weighted by atomic mass is 10.1. The number of fused-ring (bicyclic) bond motifs is 1. The maximum Gasteiger partial charge on any atom is 0.187 e. The Morgan fingerprint density at radius 1 is 1.05 bits per heavy atom. The summed E-state index contributed by atoms with van der Waals surface area (Å²) in [7, 11) is 0. The summed E-state index contributed by atoms with van der Waals surface area (Å²) in [5, 5.41) is 0. The van der Waals surface area contributed by atoms with E-state index in [2.05, 4.69) is 6.58 Å². The van der Waals surface area contributed by atoms with Gasteiger partial charge in [-0.05, 0) is 27.7 Å². The maximum absolute atomic E-state index is 5.99. The molecular weight excluding hydrogens is 276 g/mol. The highest BCUT2D eigenvalue weighted by molar-refractivity contribution is 4.99. The largest absolute Gasteiger partial charge is 0.348 e. The lowest BCUT2D eigenvalue weighted by Gasteiger charge is -2.26. The van der Waals surface area contributed by atoms with Gasteiger partial charge in [-0.3, -0.25) is 0 Å². The summed E-state index contributed by atoms with van der Waals surface area (Å²) in [6.07, 6.45) is 0.252. The van der Waals surface area contributed by atoms with Gasteiger partial charge in [0, 0.05) is 0 Å². The van der Waals surface area contributed by atoms with Crippen molar-refractivity contribution in [1.82, 2.24) is 0 Å². The molecule has 0 spiro atoms. The quantitative estimate of drug-likeness (QED) is 0.735. The number of rotatable bonds is 4. The Hall–Kier alpha value is -0.500. The molecule has 0 aromatic rings. The van der Waals surface area contributed by atoms with E-state index in [1.807, 2.05) is 27.7 Å². The van der Waals surface area contributed by atoms with E-state index >= 15 is 0 Å². The minimum absolute atomic E-state index is 0.192. The fraction of sp³-hybridized carbons (Fsp3) is 0.867. The minimum Gasteiger partial charge on any atom is -0.348 e. The van der Waals surface area contributed by atoms with Crippen LogP contribution in [-0.4, -0.2) is 55.5 Å². The van der Waals surface area contributed by atoms with Gasteiger partial charge in [0.2, 0.25) is 0 Å². The van der Waals surface area contributed by atoms with Crippen LogP contribution in [0, 0.1) is 0 Å². The average Bonchev–Trinajstić information content (AvgIpc) is 2.98. The lowest BCUT2D eigenvalue weighted by molar-refractivity contribution is -0.245. The molecule has 3 aliphatic heterocycles. The van der Waals surface area contributed by atoms with Crippen LogP contribution >= 0.6 is 0 Å². The van der Waals surface area contributed by atoms with Gasteiger partial charge < -0.3 is 28.4 Å². The summed E-state index contributed by atoms with van der Waals surface area (Å²) in [4.78, 5) is 0. The fourth-order valence-corrected chi connectivity index (χ4v) is 3.07. The molecular formula is C15H24O6. The van der Waals surface area contributed by atoms with Crippen LogP contribution in [0.1, 0.15) is 27.7 Å². The molecule has 0 N–H and O–H groups in total. The Bertz CT molecular complexity index is 407. The minimum atomic E-state index is -0.651. The predicted octanol–water partition coefficient (Wildman–Crippen LogP) is 1.59. The highest BCUT2D eigenvalue weighted by Gasteiger charge is 2.59. The van der Waals surface area contributed by atoms with Crippen molar-refractivity contribution < 1.29 is 28.4 Å². The second-order valence-corrected chi connectivity index (χ2v) is 6.52. The summed E-state index contributed by atoms with van der Waals surface area (Å²) in [5.41, 5.74) is 0. The van der Waals surface area contributed by atoms with E-state index in [1.54, 1.807) is 6.08 Å². The van der Waals surface area contributed by atoms with Gasteiger partial charge in [-0.15, -0.1) is 6.58 Å². The molecule has 6 heteroatoms. The molecule has 6 nitrogen and oxygen atoms in total. The molecule has 0 radical (unpaired) electrons. The predicted molar refractivity (Wildman–Crippen MR) is 73.5 cm³/mol. The molecule has 120 valence electrons. The highest BCUT2D eigenvalue weighted by atomic mass is 16.8. The van der Waals surface area contributed by atoms with Crippen molar-refractivity contribution in [3.63, 3.8) is 0 Å². The monoisotopic (exact) mass is 300 g/mol. The zero-order valence-electron chi connectivity index (χ0n) is 13.0. The molecule has 0 aromatic heterocycles. The smallest absolute Gasteiger partial charge is 0.187 e. The molecule has 0 unspecified atom stereocenters. The third-order valence-corrected chi connectivity index (χ3v) is 3.82. The molecule has 3 aliphatic rings. The molecule has 3 heterocycles. The second-order valence-electron chi connectivity index (χ2n) is 6.52. The highest BCUT2D eigenvalue weighted by Crippen LogP contribution is 2.42. The van der Waals surface area contributed by atoms with Gasteiger partial charge in [-0.2, -0.15) is 0 Å². The van der Waals surface area contributed by atoms with Gasteiger partial charge in [0.05, 0.1) is 13.2 Å². The molecule has 0 amide bonds. The molecule has 0 aliphatic carbocycles. The zero-order valence-corrected chi connectivity index (χ0v) is 13.0. The summed E-state index contributed by atoms with van der Waals surface area (Å²) >= 11 is 0. The van der Waals surface area contributed by atoms with E-state index in [-0.39, 0.29) is 24.4 Å². The molecule has 0 bridgehead atoms.